The maximum atomic E-state index is 12.3. The van der Waals surface area contributed by atoms with Gasteiger partial charge in [0, 0.05) is 16.9 Å². The third-order valence-electron chi connectivity index (χ3n) is 5.19. The number of amides is 1. The first-order valence-electron chi connectivity index (χ1n) is 9.26. The molecule has 0 saturated heterocycles. The summed E-state index contributed by atoms with van der Waals surface area (Å²) in [5.41, 5.74) is 2.30. The molecule has 2 atom stereocenters. The summed E-state index contributed by atoms with van der Waals surface area (Å²) >= 11 is 1.31. The van der Waals surface area contributed by atoms with Gasteiger partial charge >= 0.3 is 0 Å². The van der Waals surface area contributed by atoms with E-state index in [1.165, 1.54) is 31.0 Å². The fourth-order valence-electron chi connectivity index (χ4n) is 3.63. The molecular weight excluding hydrogens is 362 g/mol. The molecular formula is C19H23N5O2S. The smallest absolute Gasteiger partial charge is 0.230 e. The van der Waals surface area contributed by atoms with Crippen LogP contribution in [0.3, 0.4) is 0 Å². The number of nitrogens with zero attached hydrogens (tertiary/aromatic N) is 3. The van der Waals surface area contributed by atoms with Crippen LogP contribution in [0.25, 0.3) is 22.1 Å². The number of benzene rings is 1. The van der Waals surface area contributed by atoms with Gasteiger partial charge in [-0.05, 0) is 37.0 Å². The molecule has 4 rings (SSSR count). The SMILES string of the molecule is COc1ccc2[nH]c3nc(SCC(=O)N[C@H]4CCCC[C@@H]4C)nnc3c2c1. The molecule has 0 bridgehead atoms. The maximum Gasteiger partial charge on any atom is 0.230 e. The number of hydrogen-bond donors (Lipinski definition) is 2. The predicted molar refractivity (Wildman–Crippen MR) is 106 cm³/mol. The van der Waals surface area contributed by atoms with Crippen molar-refractivity contribution in [3.8, 4) is 5.75 Å². The normalized spacial score (nSPS) is 20.1. The van der Waals surface area contributed by atoms with Crippen molar-refractivity contribution in [2.75, 3.05) is 12.9 Å². The Kier molecular flexibility index (Phi) is 5.15. The number of rotatable bonds is 5. The molecule has 1 amide bonds. The lowest BCUT2D eigenvalue weighted by Gasteiger charge is -2.29. The molecule has 0 radical (unpaired) electrons. The van der Waals surface area contributed by atoms with Crippen molar-refractivity contribution in [2.24, 2.45) is 5.92 Å². The zero-order valence-corrected chi connectivity index (χ0v) is 16.3. The lowest BCUT2D eigenvalue weighted by atomic mass is 9.86. The highest BCUT2D eigenvalue weighted by molar-refractivity contribution is 7.99. The third-order valence-corrected chi connectivity index (χ3v) is 6.03. The Bertz CT molecular complexity index is 973. The number of nitrogens with one attached hydrogen (secondary N) is 2. The van der Waals surface area contributed by atoms with E-state index in [0.717, 1.165) is 23.1 Å². The van der Waals surface area contributed by atoms with Crippen molar-refractivity contribution in [1.29, 1.82) is 0 Å². The van der Waals surface area contributed by atoms with Gasteiger partial charge in [-0.15, -0.1) is 10.2 Å². The highest BCUT2D eigenvalue weighted by Crippen LogP contribution is 2.27. The minimum absolute atomic E-state index is 0.0313. The zero-order valence-electron chi connectivity index (χ0n) is 15.5. The summed E-state index contributed by atoms with van der Waals surface area (Å²) in [6.07, 6.45) is 4.71. The summed E-state index contributed by atoms with van der Waals surface area (Å²) in [6, 6.07) is 6.02. The number of fused-ring (bicyclic) bond motifs is 3. The summed E-state index contributed by atoms with van der Waals surface area (Å²) in [5, 5.41) is 13.0. The molecule has 1 saturated carbocycles. The van der Waals surface area contributed by atoms with Crippen LogP contribution in [0.4, 0.5) is 0 Å². The van der Waals surface area contributed by atoms with E-state index in [9.17, 15) is 4.79 Å². The lowest BCUT2D eigenvalue weighted by Crippen LogP contribution is -2.41. The molecule has 1 aliphatic rings. The Morgan fingerprint density at radius 2 is 2.19 bits per heavy atom. The summed E-state index contributed by atoms with van der Waals surface area (Å²) in [5.74, 6) is 1.64. The zero-order chi connectivity index (χ0) is 18.8. The van der Waals surface area contributed by atoms with E-state index in [4.69, 9.17) is 4.74 Å². The number of carbonyl (C=O) groups excluding carboxylic acids is 1. The first-order chi connectivity index (χ1) is 13.1. The van der Waals surface area contributed by atoms with E-state index >= 15 is 0 Å². The minimum atomic E-state index is 0.0313. The van der Waals surface area contributed by atoms with Gasteiger partial charge in [0.25, 0.3) is 0 Å². The molecule has 8 heteroatoms. The van der Waals surface area contributed by atoms with E-state index in [1.807, 2.05) is 18.2 Å². The molecule has 27 heavy (non-hydrogen) atoms. The summed E-state index contributed by atoms with van der Waals surface area (Å²) in [4.78, 5) is 20.0. The topological polar surface area (TPSA) is 92.8 Å². The van der Waals surface area contributed by atoms with Crippen LogP contribution in [-0.2, 0) is 4.79 Å². The van der Waals surface area contributed by atoms with Crippen LogP contribution in [0.15, 0.2) is 23.4 Å². The highest BCUT2D eigenvalue weighted by atomic mass is 32.2. The number of hydrogen-bond acceptors (Lipinski definition) is 6. The molecule has 1 fully saturated rings. The van der Waals surface area contributed by atoms with E-state index < -0.39 is 0 Å². The Balaban J connectivity index is 1.44. The average molecular weight is 385 g/mol. The second-order valence-corrected chi connectivity index (χ2v) is 8.00. The van der Waals surface area contributed by atoms with E-state index in [0.29, 0.717) is 28.0 Å². The molecule has 0 unspecified atom stereocenters. The average Bonchev–Trinajstić information content (AvgIpc) is 3.05. The van der Waals surface area contributed by atoms with Gasteiger partial charge in [-0.25, -0.2) is 4.98 Å². The first-order valence-corrected chi connectivity index (χ1v) is 10.2. The van der Waals surface area contributed by atoms with Crippen LogP contribution in [0.5, 0.6) is 5.75 Å². The summed E-state index contributed by atoms with van der Waals surface area (Å²) in [7, 11) is 1.63. The number of H-pyrrole nitrogens is 1. The molecule has 2 heterocycles. The molecule has 7 nitrogen and oxygen atoms in total. The predicted octanol–water partition coefficient (Wildman–Crippen LogP) is 3.30. The monoisotopic (exact) mass is 385 g/mol. The molecule has 142 valence electrons. The van der Waals surface area contributed by atoms with Crippen molar-refractivity contribution in [3.63, 3.8) is 0 Å². The second-order valence-electron chi connectivity index (χ2n) is 7.05. The van der Waals surface area contributed by atoms with Crippen molar-refractivity contribution in [1.82, 2.24) is 25.5 Å². The van der Waals surface area contributed by atoms with Gasteiger partial charge in [0.05, 0.1) is 12.9 Å². The van der Waals surface area contributed by atoms with Crippen molar-refractivity contribution in [3.05, 3.63) is 18.2 Å². The number of ether oxygens (including phenoxy) is 1. The number of thioether (sulfide) groups is 1. The van der Waals surface area contributed by atoms with E-state index in [1.54, 1.807) is 7.11 Å². The molecule has 2 aromatic heterocycles. The maximum absolute atomic E-state index is 12.3. The first kappa shape index (κ1) is 18.0. The van der Waals surface area contributed by atoms with Crippen molar-refractivity contribution >= 4 is 39.7 Å². The van der Waals surface area contributed by atoms with Gasteiger partial charge in [0.1, 0.15) is 11.3 Å². The lowest BCUT2D eigenvalue weighted by molar-refractivity contribution is -0.119. The van der Waals surface area contributed by atoms with E-state index in [-0.39, 0.29) is 11.9 Å². The largest absolute Gasteiger partial charge is 0.497 e. The van der Waals surface area contributed by atoms with E-state index in [2.05, 4.69) is 32.4 Å². The molecule has 0 aliphatic heterocycles. The number of aromatic amines is 1. The number of methoxy groups -OCH3 is 1. The standard InChI is InChI=1S/C19H23N5O2S/c1-11-5-3-4-6-14(11)20-16(25)10-27-19-22-18-17(23-24-19)13-9-12(26-2)7-8-15(13)21-18/h7-9,11,14H,3-6,10H2,1-2H3,(H,20,25)(H,21,22,24)/t11-,14-/m0/s1. The van der Waals surface area contributed by atoms with Crippen molar-refractivity contribution < 1.29 is 9.53 Å². The van der Waals surface area contributed by atoms with Gasteiger partial charge in [-0.1, -0.05) is 31.5 Å². The van der Waals surface area contributed by atoms with Crippen LogP contribution >= 0.6 is 11.8 Å². The van der Waals surface area contributed by atoms with Gasteiger partial charge < -0.3 is 15.0 Å². The fourth-order valence-corrected chi connectivity index (χ4v) is 4.23. The van der Waals surface area contributed by atoms with Gasteiger partial charge in [-0.2, -0.15) is 0 Å². The fraction of sp³-hybridized carbons (Fsp3) is 0.474. The highest BCUT2D eigenvalue weighted by Gasteiger charge is 2.22. The van der Waals surface area contributed by atoms with Gasteiger partial charge in [0.2, 0.25) is 11.1 Å². The van der Waals surface area contributed by atoms with Gasteiger partial charge in [-0.3, -0.25) is 4.79 Å². The molecule has 3 aromatic rings. The number of aromatic nitrogens is 4. The van der Waals surface area contributed by atoms with Crippen LogP contribution in [0.2, 0.25) is 0 Å². The quantitative estimate of drug-likeness (QED) is 0.655. The summed E-state index contributed by atoms with van der Waals surface area (Å²) < 4.78 is 5.27. The minimum Gasteiger partial charge on any atom is -0.497 e. The molecule has 2 N–H and O–H groups in total. The third kappa shape index (κ3) is 3.85. The van der Waals surface area contributed by atoms with Gasteiger partial charge in [0.15, 0.2) is 5.65 Å². The summed E-state index contributed by atoms with van der Waals surface area (Å²) in [6.45, 7) is 2.21. The van der Waals surface area contributed by atoms with Crippen LogP contribution < -0.4 is 10.1 Å². The molecule has 0 spiro atoms. The Labute approximate surface area is 161 Å². The van der Waals surface area contributed by atoms with Crippen LogP contribution in [0.1, 0.15) is 32.6 Å². The Morgan fingerprint density at radius 3 is 3.00 bits per heavy atom. The Hall–Kier alpha value is -2.35. The van der Waals surface area contributed by atoms with Crippen LogP contribution in [0, 0.1) is 5.92 Å². The van der Waals surface area contributed by atoms with Crippen LogP contribution in [-0.4, -0.2) is 45.0 Å². The molecule has 1 aromatic carbocycles. The second kappa shape index (κ2) is 7.72. The molecule has 1 aliphatic carbocycles. The van der Waals surface area contributed by atoms with Crippen molar-refractivity contribution in [2.45, 2.75) is 43.8 Å². The number of carbonyl (C=O) groups is 1. The Morgan fingerprint density at radius 1 is 1.33 bits per heavy atom.